The van der Waals surface area contributed by atoms with E-state index in [9.17, 15) is 9.18 Å². The van der Waals surface area contributed by atoms with Gasteiger partial charge in [-0.3, -0.25) is 9.36 Å². The zero-order valence-corrected chi connectivity index (χ0v) is 22.6. The predicted octanol–water partition coefficient (Wildman–Crippen LogP) is 6.58. The fourth-order valence-electron chi connectivity index (χ4n) is 3.56. The summed E-state index contributed by atoms with van der Waals surface area (Å²) < 4.78 is 15.8. The van der Waals surface area contributed by atoms with Crippen LogP contribution in [0, 0.1) is 12.7 Å². The summed E-state index contributed by atoms with van der Waals surface area (Å²) in [6.07, 6.45) is 1.19. The molecule has 0 aliphatic carbocycles. The second kappa shape index (κ2) is 11.3. The third-order valence-corrected chi connectivity index (χ3v) is 6.91. The number of amides is 1. The number of hydrogen-bond acceptors (Lipinski definition) is 5. The van der Waals surface area contributed by atoms with Crippen molar-refractivity contribution in [1.82, 2.24) is 20.2 Å². The van der Waals surface area contributed by atoms with Crippen molar-refractivity contribution in [3.63, 3.8) is 0 Å². The average molecular weight is 536 g/mol. The summed E-state index contributed by atoms with van der Waals surface area (Å²) in [6, 6.07) is 20.6. The lowest BCUT2D eigenvalue weighted by atomic mass is 9.87. The fourth-order valence-corrected chi connectivity index (χ4v) is 4.52. The summed E-state index contributed by atoms with van der Waals surface area (Å²) in [4.78, 5) is 12.4. The van der Waals surface area contributed by atoms with Gasteiger partial charge in [0.05, 0.1) is 17.0 Å². The Balaban J connectivity index is 1.55. The Labute approximate surface area is 225 Å². The smallest absolute Gasteiger partial charge is 0.250 e. The number of nitrogens with zero attached hydrogens (tertiary/aromatic N) is 4. The quantitative estimate of drug-likeness (QED) is 0.165. The van der Waals surface area contributed by atoms with Crippen molar-refractivity contribution in [2.45, 2.75) is 38.3 Å². The molecule has 0 saturated heterocycles. The van der Waals surface area contributed by atoms with Gasteiger partial charge in [-0.1, -0.05) is 92.2 Å². The number of aromatic nitrogens is 3. The lowest BCUT2D eigenvalue weighted by Gasteiger charge is -2.19. The first-order valence-corrected chi connectivity index (χ1v) is 13.0. The predicted molar refractivity (Wildman–Crippen MR) is 148 cm³/mol. The standard InChI is InChI=1S/C28H27ClFN5OS/c1-18-8-14-21(15-9-18)35-26(19-10-12-20(13-11-19)28(2,3)4)33-34-27(35)37-17-25(36)32-31-16-22-23(29)6-5-7-24(22)30/h5-16H,17H2,1-4H3,(H,32,36)/b31-16-. The van der Waals surface area contributed by atoms with Crippen LogP contribution in [0.15, 0.2) is 77.0 Å². The highest BCUT2D eigenvalue weighted by molar-refractivity contribution is 7.99. The first-order valence-electron chi connectivity index (χ1n) is 11.7. The third kappa shape index (κ3) is 6.45. The molecule has 0 aliphatic rings. The SMILES string of the molecule is Cc1ccc(-n2c(SCC(=O)N/N=C\c3c(F)cccc3Cl)nnc2-c2ccc(C(C)(C)C)cc2)cc1. The van der Waals surface area contributed by atoms with Crippen molar-refractivity contribution in [2.75, 3.05) is 5.75 Å². The molecule has 0 bridgehead atoms. The highest BCUT2D eigenvalue weighted by Crippen LogP contribution is 2.30. The number of nitrogens with one attached hydrogen (secondary N) is 1. The van der Waals surface area contributed by atoms with Crippen LogP contribution in [0.3, 0.4) is 0 Å². The minimum absolute atomic E-state index is 0.0370. The van der Waals surface area contributed by atoms with Gasteiger partial charge in [0.15, 0.2) is 11.0 Å². The van der Waals surface area contributed by atoms with E-state index in [1.807, 2.05) is 47.9 Å². The van der Waals surface area contributed by atoms with Crippen molar-refractivity contribution < 1.29 is 9.18 Å². The number of thioether (sulfide) groups is 1. The van der Waals surface area contributed by atoms with Gasteiger partial charge in [0, 0.05) is 16.8 Å². The van der Waals surface area contributed by atoms with Crippen molar-refractivity contribution >= 4 is 35.5 Å². The second-order valence-electron chi connectivity index (χ2n) is 9.52. The molecule has 1 heterocycles. The number of carbonyl (C=O) groups is 1. The van der Waals surface area contributed by atoms with Gasteiger partial charge in [0.1, 0.15) is 5.82 Å². The fraction of sp³-hybridized carbons (Fsp3) is 0.214. The first kappa shape index (κ1) is 26.6. The highest BCUT2D eigenvalue weighted by atomic mass is 35.5. The molecule has 4 aromatic rings. The number of benzene rings is 3. The Morgan fingerprint density at radius 2 is 1.78 bits per heavy atom. The van der Waals surface area contributed by atoms with Crippen LogP contribution in [-0.2, 0) is 10.2 Å². The first-order chi connectivity index (χ1) is 17.6. The topological polar surface area (TPSA) is 72.2 Å². The van der Waals surface area contributed by atoms with Crippen LogP contribution in [-0.4, -0.2) is 32.6 Å². The molecule has 0 unspecified atom stereocenters. The average Bonchev–Trinajstić information content (AvgIpc) is 3.28. The summed E-state index contributed by atoms with van der Waals surface area (Å²) in [6.45, 7) is 8.54. The molecule has 4 rings (SSSR count). The maximum absolute atomic E-state index is 13.9. The molecular weight excluding hydrogens is 509 g/mol. The molecule has 0 radical (unpaired) electrons. The van der Waals surface area contributed by atoms with E-state index in [-0.39, 0.29) is 27.7 Å². The Kier molecular flexibility index (Phi) is 8.10. The summed E-state index contributed by atoms with van der Waals surface area (Å²) >= 11 is 7.22. The van der Waals surface area contributed by atoms with Gasteiger partial charge in [-0.15, -0.1) is 10.2 Å². The molecule has 190 valence electrons. The molecule has 1 aromatic heterocycles. The van der Waals surface area contributed by atoms with Crippen LogP contribution in [0.25, 0.3) is 17.1 Å². The molecule has 1 amide bonds. The molecule has 0 saturated carbocycles. The van der Waals surface area contributed by atoms with E-state index >= 15 is 0 Å². The lowest BCUT2D eigenvalue weighted by Crippen LogP contribution is -2.20. The van der Waals surface area contributed by atoms with Crippen LogP contribution in [0.4, 0.5) is 4.39 Å². The van der Waals surface area contributed by atoms with Crippen LogP contribution in [0.2, 0.25) is 5.02 Å². The van der Waals surface area contributed by atoms with Crippen molar-refractivity contribution in [3.05, 3.63) is 94.3 Å². The minimum Gasteiger partial charge on any atom is -0.272 e. The Bertz CT molecular complexity index is 1410. The third-order valence-electron chi connectivity index (χ3n) is 5.65. The Morgan fingerprint density at radius 1 is 1.08 bits per heavy atom. The van der Waals surface area contributed by atoms with Gasteiger partial charge in [-0.2, -0.15) is 5.10 Å². The number of halogens is 2. The molecule has 3 aromatic carbocycles. The minimum atomic E-state index is -0.519. The number of aryl methyl sites for hydroxylation is 1. The van der Waals surface area contributed by atoms with Crippen molar-refractivity contribution in [1.29, 1.82) is 0 Å². The van der Waals surface area contributed by atoms with Gasteiger partial charge >= 0.3 is 0 Å². The molecule has 0 fully saturated rings. The summed E-state index contributed by atoms with van der Waals surface area (Å²) in [7, 11) is 0. The maximum atomic E-state index is 13.9. The zero-order chi connectivity index (χ0) is 26.6. The molecule has 0 aliphatic heterocycles. The van der Waals surface area contributed by atoms with Crippen molar-refractivity contribution in [3.8, 4) is 17.1 Å². The molecule has 9 heteroatoms. The van der Waals surface area contributed by atoms with Crippen LogP contribution >= 0.6 is 23.4 Å². The van der Waals surface area contributed by atoms with Crippen LogP contribution in [0.5, 0.6) is 0 Å². The Morgan fingerprint density at radius 3 is 2.43 bits per heavy atom. The molecular formula is C28H27ClFN5OS. The molecule has 6 nitrogen and oxygen atoms in total. The zero-order valence-electron chi connectivity index (χ0n) is 21.0. The second-order valence-corrected chi connectivity index (χ2v) is 10.9. The van der Waals surface area contributed by atoms with E-state index in [0.29, 0.717) is 11.0 Å². The van der Waals surface area contributed by atoms with Gasteiger partial charge in [0.2, 0.25) is 0 Å². The number of carbonyl (C=O) groups excluding carboxylic acids is 1. The van der Waals surface area contributed by atoms with Crippen LogP contribution < -0.4 is 5.43 Å². The van der Waals surface area contributed by atoms with E-state index < -0.39 is 5.82 Å². The van der Waals surface area contributed by atoms with E-state index in [2.05, 4.69) is 53.6 Å². The van der Waals surface area contributed by atoms with E-state index in [1.54, 1.807) is 6.07 Å². The van der Waals surface area contributed by atoms with Crippen molar-refractivity contribution in [2.24, 2.45) is 5.10 Å². The largest absolute Gasteiger partial charge is 0.272 e. The van der Waals surface area contributed by atoms with E-state index in [4.69, 9.17) is 11.6 Å². The van der Waals surface area contributed by atoms with Crippen LogP contribution in [0.1, 0.15) is 37.5 Å². The van der Waals surface area contributed by atoms with Gasteiger partial charge in [-0.05, 0) is 42.2 Å². The Hall–Kier alpha value is -3.49. The number of hydrazone groups is 1. The number of hydrogen-bond donors (Lipinski definition) is 1. The lowest BCUT2D eigenvalue weighted by molar-refractivity contribution is -0.118. The highest BCUT2D eigenvalue weighted by Gasteiger charge is 2.19. The molecule has 1 N–H and O–H groups in total. The summed E-state index contributed by atoms with van der Waals surface area (Å²) in [5, 5.41) is 13.4. The summed E-state index contributed by atoms with van der Waals surface area (Å²) in [5.74, 6) is -0.174. The molecule has 0 spiro atoms. The normalized spacial score (nSPS) is 11.7. The summed E-state index contributed by atoms with van der Waals surface area (Å²) in [5.41, 5.74) is 6.72. The van der Waals surface area contributed by atoms with E-state index in [1.165, 1.54) is 35.7 Å². The van der Waals surface area contributed by atoms with Gasteiger partial charge in [0.25, 0.3) is 5.91 Å². The maximum Gasteiger partial charge on any atom is 0.250 e. The molecule has 0 atom stereocenters. The monoisotopic (exact) mass is 535 g/mol. The van der Waals surface area contributed by atoms with Gasteiger partial charge < -0.3 is 0 Å². The van der Waals surface area contributed by atoms with Gasteiger partial charge in [-0.25, -0.2) is 9.82 Å². The van der Waals surface area contributed by atoms with E-state index in [0.717, 1.165) is 16.8 Å². The number of rotatable bonds is 7. The molecule has 37 heavy (non-hydrogen) atoms.